The van der Waals surface area contributed by atoms with Gasteiger partial charge in [-0.25, -0.2) is 0 Å². The van der Waals surface area contributed by atoms with Gasteiger partial charge in [-0.15, -0.1) is 0 Å². The molecule has 2 aliphatic heterocycles. The first-order valence-electron chi connectivity index (χ1n) is 13.3. The first-order valence-corrected chi connectivity index (χ1v) is 14.3. The van der Waals surface area contributed by atoms with Crippen LogP contribution in [0.15, 0.2) is 29.4 Å². The molecule has 37 heavy (non-hydrogen) atoms. The molecule has 3 N–H and O–H groups in total. The number of anilines is 1. The number of nitrogens with one attached hydrogen (secondary N) is 3. The number of nitrogens with zero attached hydrogens (tertiary/aromatic N) is 3. The van der Waals surface area contributed by atoms with E-state index in [2.05, 4.69) is 53.8 Å². The van der Waals surface area contributed by atoms with Crippen LogP contribution < -0.4 is 16.1 Å². The van der Waals surface area contributed by atoms with E-state index in [1.165, 1.54) is 11.8 Å². The zero-order valence-corrected chi connectivity index (χ0v) is 23.3. The summed E-state index contributed by atoms with van der Waals surface area (Å²) in [5, 5.41) is 11.3. The molecule has 202 valence electrons. The number of rotatable bonds is 8. The molecule has 2 heterocycles. The fraction of sp³-hybridized carbons (Fsp3) is 0.630. The second-order valence-corrected chi connectivity index (χ2v) is 12.2. The lowest BCUT2D eigenvalue weighted by Crippen LogP contribution is -2.68. The van der Waals surface area contributed by atoms with E-state index in [-0.39, 0.29) is 41.4 Å². The minimum absolute atomic E-state index is 0.0663. The van der Waals surface area contributed by atoms with Gasteiger partial charge in [-0.05, 0) is 55.7 Å². The number of thioether (sulfide) groups is 1. The molecule has 9 nitrogen and oxygen atoms in total. The molecule has 1 aromatic rings. The Hall–Kier alpha value is -2.75. The quantitative estimate of drug-likeness (QED) is 0.479. The lowest BCUT2D eigenvalue weighted by Gasteiger charge is -2.51. The minimum atomic E-state index is -0.393. The summed E-state index contributed by atoms with van der Waals surface area (Å²) in [5.41, 5.74) is 5.01. The molecule has 4 atom stereocenters. The van der Waals surface area contributed by atoms with Crippen LogP contribution in [0.25, 0.3) is 0 Å². The molecule has 4 rings (SSSR count). The summed E-state index contributed by atoms with van der Waals surface area (Å²) in [6, 6.07) is 7.58. The smallest absolute Gasteiger partial charge is 0.234 e. The Bertz CT molecular complexity index is 1040. The van der Waals surface area contributed by atoms with Crippen molar-refractivity contribution in [3.8, 4) is 0 Å². The van der Waals surface area contributed by atoms with Crippen molar-refractivity contribution in [1.82, 2.24) is 20.5 Å². The molecular weight excluding hydrogens is 488 g/mol. The van der Waals surface area contributed by atoms with Gasteiger partial charge in [-0.2, -0.15) is 5.10 Å². The van der Waals surface area contributed by atoms with Crippen molar-refractivity contribution in [2.24, 2.45) is 28.8 Å². The van der Waals surface area contributed by atoms with Crippen LogP contribution in [0.3, 0.4) is 0 Å². The Morgan fingerprint density at radius 1 is 1.19 bits per heavy atom. The molecule has 1 saturated carbocycles. The summed E-state index contributed by atoms with van der Waals surface area (Å²) in [7, 11) is 0. The second-order valence-electron chi connectivity index (χ2n) is 11.2. The van der Waals surface area contributed by atoms with Crippen molar-refractivity contribution in [3.05, 3.63) is 29.8 Å². The van der Waals surface area contributed by atoms with Gasteiger partial charge in [0, 0.05) is 30.7 Å². The summed E-state index contributed by atoms with van der Waals surface area (Å²) >= 11 is 1.37. The number of carbonyl (C=O) groups is 3. The van der Waals surface area contributed by atoms with Crippen LogP contribution in [0.2, 0.25) is 0 Å². The number of hydrogen-bond donors (Lipinski definition) is 3. The monoisotopic (exact) mass is 528 g/mol. The predicted molar refractivity (Wildman–Crippen MR) is 147 cm³/mol. The number of aryl methyl sites for hydroxylation is 1. The summed E-state index contributed by atoms with van der Waals surface area (Å²) in [5.74, 6) is 0.653. The Balaban J connectivity index is 1.48. The molecule has 0 bridgehead atoms. The lowest BCUT2D eigenvalue weighted by atomic mass is 9.75. The SMILES string of the molecule is Cc1cccc(NC(=O)CSC2=NNC3N(CC(C)C)C(=O)C4CCC(C(=O)NCC(C)C)CC4N23)c1. The molecule has 1 aliphatic carbocycles. The average Bonchev–Trinajstić information content (AvgIpc) is 3.27. The highest BCUT2D eigenvalue weighted by atomic mass is 32.2. The van der Waals surface area contributed by atoms with Gasteiger partial charge in [-0.3, -0.25) is 19.8 Å². The van der Waals surface area contributed by atoms with Gasteiger partial charge in [0.2, 0.25) is 17.7 Å². The number of benzene rings is 1. The number of amides is 3. The maximum Gasteiger partial charge on any atom is 0.234 e. The number of hydrogen-bond acceptors (Lipinski definition) is 7. The summed E-state index contributed by atoms with van der Waals surface area (Å²) in [6.45, 7) is 11.6. The molecule has 1 saturated heterocycles. The molecule has 3 amide bonds. The van der Waals surface area contributed by atoms with Crippen LogP contribution in [0.1, 0.15) is 52.5 Å². The number of hydrazone groups is 1. The fourth-order valence-corrected chi connectivity index (χ4v) is 6.22. The van der Waals surface area contributed by atoms with E-state index in [9.17, 15) is 14.4 Å². The van der Waals surface area contributed by atoms with Gasteiger partial charge in [0.1, 0.15) is 0 Å². The standard InChI is InChI=1S/C27H40N6O3S/c1-16(2)13-28-24(35)19-9-10-21-22(12-19)33-26(32(25(21)36)14-17(3)4)30-31-27(33)37-15-23(34)29-20-8-6-7-18(5)11-20/h6-8,11,16-17,19,21-22,26,30H,9-10,12-15H2,1-5H3,(H,28,35)(H,29,34). The van der Waals surface area contributed by atoms with E-state index < -0.39 is 6.29 Å². The summed E-state index contributed by atoms with van der Waals surface area (Å²) < 4.78 is 0. The predicted octanol–water partition coefficient (Wildman–Crippen LogP) is 3.18. The Labute approximate surface area is 224 Å². The van der Waals surface area contributed by atoms with E-state index >= 15 is 0 Å². The summed E-state index contributed by atoms with van der Waals surface area (Å²) in [6.07, 6.45) is 1.59. The third-order valence-electron chi connectivity index (χ3n) is 7.08. The molecule has 0 spiro atoms. The van der Waals surface area contributed by atoms with Crippen molar-refractivity contribution in [1.29, 1.82) is 0 Å². The average molecular weight is 529 g/mol. The third-order valence-corrected chi connectivity index (χ3v) is 8.05. The molecule has 2 fully saturated rings. The Morgan fingerprint density at radius 2 is 1.97 bits per heavy atom. The van der Waals surface area contributed by atoms with Gasteiger partial charge in [0.25, 0.3) is 0 Å². The highest BCUT2D eigenvalue weighted by Crippen LogP contribution is 2.41. The van der Waals surface area contributed by atoms with E-state index in [1.54, 1.807) is 0 Å². The Kier molecular flexibility index (Phi) is 8.67. The number of fused-ring (bicyclic) bond motifs is 3. The third kappa shape index (κ3) is 6.40. The molecule has 10 heteroatoms. The molecule has 3 aliphatic rings. The van der Waals surface area contributed by atoms with Gasteiger partial charge < -0.3 is 20.4 Å². The van der Waals surface area contributed by atoms with E-state index in [0.29, 0.717) is 49.4 Å². The van der Waals surface area contributed by atoms with E-state index in [0.717, 1.165) is 11.3 Å². The molecule has 0 radical (unpaired) electrons. The zero-order valence-electron chi connectivity index (χ0n) is 22.5. The van der Waals surface area contributed by atoms with E-state index in [4.69, 9.17) is 0 Å². The zero-order chi connectivity index (χ0) is 26.7. The van der Waals surface area contributed by atoms with Crippen LogP contribution in [0.4, 0.5) is 5.69 Å². The maximum atomic E-state index is 13.6. The van der Waals surface area contributed by atoms with Crippen molar-refractivity contribution < 1.29 is 14.4 Å². The topological polar surface area (TPSA) is 106 Å². The minimum Gasteiger partial charge on any atom is -0.356 e. The van der Waals surface area contributed by atoms with Crippen molar-refractivity contribution >= 4 is 40.3 Å². The molecular formula is C27H40N6O3S. The number of carbonyl (C=O) groups excluding carboxylic acids is 3. The van der Waals surface area contributed by atoms with E-state index in [1.807, 2.05) is 36.1 Å². The van der Waals surface area contributed by atoms with Crippen LogP contribution in [0, 0.1) is 30.6 Å². The van der Waals surface area contributed by atoms with Crippen molar-refractivity contribution in [3.63, 3.8) is 0 Å². The van der Waals surface area contributed by atoms with Crippen molar-refractivity contribution in [2.75, 3.05) is 24.2 Å². The molecule has 0 aromatic heterocycles. The van der Waals surface area contributed by atoms with Gasteiger partial charge in [0.15, 0.2) is 11.5 Å². The summed E-state index contributed by atoms with van der Waals surface area (Å²) in [4.78, 5) is 43.2. The second kappa shape index (κ2) is 11.8. The maximum absolute atomic E-state index is 13.6. The normalized spacial score (nSPS) is 24.9. The van der Waals surface area contributed by atoms with Crippen molar-refractivity contribution in [2.45, 2.75) is 66.2 Å². The first kappa shape index (κ1) is 27.3. The van der Waals surface area contributed by atoms with Gasteiger partial charge >= 0.3 is 0 Å². The number of amidine groups is 1. The van der Waals surface area contributed by atoms with Crippen LogP contribution in [0.5, 0.6) is 0 Å². The molecule has 4 unspecified atom stereocenters. The molecule has 1 aromatic carbocycles. The van der Waals surface area contributed by atoms with Gasteiger partial charge in [-0.1, -0.05) is 51.6 Å². The van der Waals surface area contributed by atoms with Crippen LogP contribution in [-0.2, 0) is 14.4 Å². The largest absolute Gasteiger partial charge is 0.356 e. The highest BCUT2D eigenvalue weighted by Gasteiger charge is 2.53. The first-order chi connectivity index (χ1) is 17.6. The van der Waals surface area contributed by atoms with Crippen LogP contribution in [-0.4, -0.2) is 63.9 Å². The van der Waals surface area contributed by atoms with Crippen LogP contribution >= 0.6 is 11.8 Å². The Morgan fingerprint density at radius 3 is 2.68 bits per heavy atom. The fourth-order valence-electron chi connectivity index (χ4n) is 5.38. The van der Waals surface area contributed by atoms with Gasteiger partial charge in [0.05, 0.1) is 11.7 Å². The highest BCUT2D eigenvalue weighted by molar-refractivity contribution is 8.14. The lowest BCUT2D eigenvalue weighted by molar-refractivity contribution is -0.158.